The van der Waals surface area contributed by atoms with Gasteiger partial charge < -0.3 is 19.2 Å². The van der Waals surface area contributed by atoms with Gasteiger partial charge in [0.1, 0.15) is 12.4 Å². The van der Waals surface area contributed by atoms with E-state index in [9.17, 15) is 4.79 Å². The molecule has 1 rings (SSSR count). The Morgan fingerprint density at radius 3 is 2.36 bits per heavy atom. The lowest BCUT2D eigenvalue weighted by Gasteiger charge is -2.39. The molecule has 0 heterocycles. The Bertz CT molecular complexity index is 638. The number of hydrogen-bond donors (Lipinski definition) is 1. The van der Waals surface area contributed by atoms with Crippen molar-refractivity contribution < 1.29 is 18.7 Å². The van der Waals surface area contributed by atoms with E-state index in [1.807, 2.05) is 45.0 Å². The van der Waals surface area contributed by atoms with Gasteiger partial charge in [-0.3, -0.25) is 0 Å². The molecule has 1 aromatic rings. The van der Waals surface area contributed by atoms with Crippen molar-refractivity contribution in [1.29, 1.82) is 0 Å². The van der Waals surface area contributed by atoms with Crippen LogP contribution in [0.1, 0.15) is 48.0 Å². The second-order valence-corrected chi connectivity index (χ2v) is 15.2. The molecule has 160 valence electrons. The van der Waals surface area contributed by atoms with Crippen molar-refractivity contribution >= 4 is 30.3 Å². The van der Waals surface area contributed by atoms with Crippen LogP contribution in [0.3, 0.4) is 0 Å². The van der Waals surface area contributed by atoms with Gasteiger partial charge in [-0.15, -0.1) is 0 Å². The minimum atomic E-state index is -1.98. The molecule has 0 fully saturated rings. The summed E-state index contributed by atoms with van der Waals surface area (Å²) in [6.07, 6.45) is 0.0201. The smallest absolute Gasteiger partial charge is 0.407 e. The summed E-state index contributed by atoms with van der Waals surface area (Å²) in [4.78, 5) is 11.9. The predicted molar refractivity (Wildman–Crippen MR) is 121 cm³/mol. The molecular formula is C21H36BrNO4Si. The molecule has 0 spiro atoms. The summed E-state index contributed by atoms with van der Waals surface area (Å²) >= 11 is 3.46. The average molecular weight is 475 g/mol. The van der Waals surface area contributed by atoms with Crippen molar-refractivity contribution in [3.05, 3.63) is 28.7 Å². The lowest BCUT2D eigenvalue weighted by atomic mass is 10.1. The molecule has 1 atom stereocenters. The number of halogens is 1. The number of hydrogen-bond acceptors (Lipinski definition) is 4. The maximum absolute atomic E-state index is 11.9. The summed E-state index contributed by atoms with van der Waals surface area (Å²) < 4.78 is 18.8. The number of rotatable bonds is 8. The number of ether oxygens (including phenoxy) is 2. The van der Waals surface area contributed by atoms with Crippen molar-refractivity contribution in [3.8, 4) is 5.75 Å². The van der Waals surface area contributed by atoms with Gasteiger partial charge in [-0.25, -0.2) is 4.79 Å². The topological polar surface area (TPSA) is 56.8 Å². The van der Waals surface area contributed by atoms with Crippen LogP contribution < -0.4 is 10.1 Å². The lowest BCUT2D eigenvalue weighted by Crippen LogP contribution is -2.46. The molecule has 1 amide bonds. The highest BCUT2D eigenvalue weighted by molar-refractivity contribution is 9.10. The number of carbonyl (C=O) groups excluding carboxylic acids is 1. The summed E-state index contributed by atoms with van der Waals surface area (Å²) in [6.45, 7) is 17.5. The summed E-state index contributed by atoms with van der Waals surface area (Å²) in [7, 11) is -1.98. The first-order valence-electron chi connectivity index (χ1n) is 9.71. The van der Waals surface area contributed by atoms with E-state index in [-0.39, 0.29) is 23.3 Å². The Morgan fingerprint density at radius 2 is 1.82 bits per heavy atom. The Kier molecular flexibility index (Phi) is 9.03. The molecule has 0 aromatic heterocycles. The van der Waals surface area contributed by atoms with E-state index in [4.69, 9.17) is 13.9 Å². The second kappa shape index (κ2) is 10.1. The van der Waals surface area contributed by atoms with E-state index in [0.717, 1.165) is 10.2 Å². The van der Waals surface area contributed by atoms with E-state index in [2.05, 4.69) is 55.1 Å². The predicted octanol–water partition coefficient (Wildman–Crippen LogP) is 6.13. The molecule has 28 heavy (non-hydrogen) atoms. The normalized spacial score (nSPS) is 13.8. The van der Waals surface area contributed by atoms with E-state index in [0.29, 0.717) is 13.0 Å². The third-order valence-electron chi connectivity index (χ3n) is 4.65. The van der Waals surface area contributed by atoms with Crippen LogP contribution in [0.5, 0.6) is 5.75 Å². The molecular weight excluding hydrogens is 438 g/mol. The Balaban J connectivity index is 2.70. The molecule has 0 radical (unpaired) electrons. The third kappa shape index (κ3) is 9.43. The maximum atomic E-state index is 11.9. The quantitative estimate of drug-likeness (QED) is 0.461. The monoisotopic (exact) mass is 473 g/mol. The summed E-state index contributed by atoms with van der Waals surface area (Å²) in [6, 6.07) is 7.74. The van der Waals surface area contributed by atoms with Crippen LogP contribution in [0, 0.1) is 0 Å². The zero-order valence-corrected chi connectivity index (χ0v) is 21.1. The van der Waals surface area contributed by atoms with Crippen LogP contribution in [0.4, 0.5) is 4.79 Å². The van der Waals surface area contributed by atoms with Crippen molar-refractivity contribution in [1.82, 2.24) is 5.32 Å². The van der Waals surface area contributed by atoms with Crippen molar-refractivity contribution in [3.63, 3.8) is 0 Å². The Morgan fingerprint density at radius 1 is 1.18 bits per heavy atom. The van der Waals surface area contributed by atoms with Gasteiger partial charge in [0.2, 0.25) is 0 Å². The summed E-state index contributed by atoms with van der Waals surface area (Å²) in [5, 5.41) is 2.89. The largest absolute Gasteiger partial charge is 0.491 e. The summed E-state index contributed by atoms with van der Waals surface area (Å²) in [5.41, 5.74) is -0.321. The first kappa shape index (κ1) is 25.0. The number of amides is 1. The van der Waals surface area contributed by atoms with Crippen LogP contribution in [0.2, 0.25) is 18.1 Å². The molecule has 5 nitrogen and oxygen atoms in total. The minimum absolute atomic E-state index is 0.0888. The zero-order valence-electron chi connectivity index (χ0n) is 18.5. The lowest BCUT2D eigenvalue weighted by molar-refractivity contribution is 0.0766. The van der Waals surface area contributed by atoms with E-state index in [1.165, 1.54) is 0 Å². The van der Waals surface area contributed by atoms with Crippen LogP contribution in [0.25, 0.3) is 0 Å². The van der Waals surface area contributed by atoms with Crippen LogP contribution in [-0.2, 0) is 9.16 Å². The van der Waals surface area contributed by atoms with E-state index in [1.54, 1.807) is 0 Å². The standard InChI is InChI=1S/C21H36BrNO4Si/c1-20(2,3)23-19(24)25-13-12-18(27-28(7,8)21(4,5)6)15-26-17-11-9-10-16(22)14-17/h9-11,14,18H,12-13,15H2,1-8H3,(H,23,24)/t18-/m0/s1. The Hall–Kier alpha value is -1.05. The van der Waals surface area contributed by atoms with Gasteiger partial charge >= 0.3 is 6.09 Å². The molecule has 0 saturated heterocycles. The highest BCUT2D eigenvalue weighted by atomic mass is 79.9. The third-order valence-corrected chi connectivity index (χ3v) is 9.68. The fourth-order valence-electron chi connectivity index (χ4n) is 2.14. The number of benzene rings is 1. The Labute approximate surface area is 179 Å². The molecule has 0 unspecified atom stereocenters. The molecule has 0 saturated carbocycles. The van der Waals surface area contributed by atoms with Crippen LogP contribution >= 0.6 is 15.9 Å². The maximum Gasteiger partial charge on any atom is 0.407 e. The van der Waals surface area contributed by atoms with Crippen LogP contribution in [-0.4, -0.2) is 39.3 Å². The first-order valence-corrected chi connectivity index (χ1v) is 13.4. The van der Waals surface area contributed by atoms with Gasteiger partial charge in [-0.2, -0.15) is 0 Å². The second-order valence-electron chi connectivity index (χ2n) is 9.57. The first-order chi connectivity index (χ1) is 12.7. The van der Waals surface area contributed by atoms with Gasteiger partial charge in [0.15, 0.2) is 8.32 Å². The van der Waals surface area contributed by atoms with Gasteiger partial charge in [-0.05, 0) is 57.1 Å². The van der Waals surface area contributed by atoms with Crippen molar-refractivity contribution in [2.75, 3.05) is 13.2 Å². The SMILES string of the molecule is CC(C)(C)NC(=O)OCC[C@@H](COc1cccc(Br)c1)O[Si](C)(C)C(C)(C)C. The van der Waals surface area contributed by atoms with Gasteiger partial charge in [0.25, 0.3) is 0 Å². The van der Waals surface area contributed by atoms with Crippen molar-refractivity contribution in [2.24, 2.45) is 0 Å². The fourth-order valence-corrected chi connectivity index (χ4v) is 3.89. The van der Waals surface area contributed by atoms with E-state index >= 15 is 0 Å². The molecule has 7 heteroatoms. The molecule has 0 aliphatic rings. The van der Waals surface area contributed by atoms with E-state index < -0.39 is 14.4 Å². The summed E-state index contributed by atoms with van der Waals surface area (Å²) in [5.74, 6) is 0.782. The number of carbonyl (C=O) groups is 1. The molecule has 1 N–H and O–H groups in total. The molecule has 0 aliphatic carbocycles. The van der Waals surface area contributed by atoms with Gasteiger partial charge in [-0.1, -0.05) is 42.8 Å². The molecule has 0 aliphatic heterocycles. The van der Waals surface area contributed by atoms with Crippen LogP contribution in [0.15, 0.2) is 28.7 Å². The fraction of sp³-hybridized carbons (Fsp3) is 0.667. The van der Waals surface area contributed by atoms with Gasteiger partial charge in [0.05, 0.1) is 12.7 Å². The number of alkyl carbamates (subject to hydrolysis) is 1. The highest BCUT2D eigenvalue weighted by Gasteiger charge is 2.39. The molecule has 0 bridgehead atoms. The average Bonchev–Trinajstić information content (AvgIpc) is 2.49. The minimum Gasteiger partial charge on any atom is -0.491 e. The highest BCUT2D eigenvalue weighted by Crippen LogP contribution is 2.37. The zero-order chi connectivity index (χ0) is 21.6. The number of nitrogens with one attached hydrogen (secondary N) is 1. The molecule has 1 aromatic carbocycles. The van der Waals surface area contributed by atoms with Crippen molar-refractivity contribution in [2.45, 2.75) is 77.7 Å². The van der Waals surface area contributed by atoms with Gasteiger partial charge in [0, 0.05) is 16.4 Å².